The standard InChI is InChI=1S/C7H12FNO.ClH/c8-2-6-1-7(10-3-6)4-9-5-7;/h6,9H,1-5H2;1H. The molecular formula is C7H13ClFNO. The Morgan fingerprint density at radius 3 is 2.55 bits per heavy atom. The number of halogens is 2. The summed E-state index contributed by atoms with van der Waals surface area (Å²) < 4.78 is 17.6. The van der Waals surface area contributed by atoms with E-state index in [0.29, 0.717) is 6.61 Å². The Hall–Kier alpha value is 0.140. The van der Waals surface area contributed by atoms with Crippen LogP contribution in [-0.4, -0.2) is 32.0 Å². The van der Waals surface area contributed by atoms with Gasteiger partial charge in [-0.2, -0.15) is 0 Å². The first kappa shape index (κ1) is 9.23. The molecule has 0 aromatic heterocycles. The molecule has 1 unspecified atom stereocenters. The van der Waals surface area contributed by atoms with Gasteiger partial charge in [-0.05, 0) is 6.42 Å². The van der Waals surface area contributed by atoms with Crippen LogP contribution in [0.25, 0.3) is 0 Å². The summed E-state index contributed by atoms with van der Waals surface area (Å²) in [6, 6.07) is 0. The molecule has 0 aromatic rings. The van der Waals surface area contributed by atoms with Gasteiger partial charge in [-0.15, -0.1) is 12.4 Å². The minimum Gasteiger partial charge on any atom is -0.372 e. The highest BCUT2D eigenvalue weighted by atomic mass is 35.5. The van der Waals surface area contributed by atoms with E-state index in [0.717, 1.165) is 19.5 Å². The first-order valence-corrected chi connectivity index (χ1v) is 3.75. The lowest BCUT2D eigenvalue weighted by molar-refractivity contribution is -0.0363. The zero-order valence-corrected chi connectivity index (χ0v) is 7.12. The molecule has 11 heavy (non-hydrogen) atoms. The highest BCUT2D eigenvalue weighted by Crippen LogP contribution is 2.33. The monoisotopic (exact) mass is 181 g/mol. The normalized spacial score (nSPS) is 33.0. The highest BCUT2D eigenvalue weighted by Gasteiger charge is 2.44. The van der Waals surface area contributed by atoms with Crippen molar-refractivity contribution in [2.24, 2.45) is 5.92 Å². The van der Waals surface area contributed by atoms with Gasteiger partial charge in [0.05, 0.1) is 18.9 Å². The van der Waals surface area contributed by atoms with Crippen LogP contribution in [0, 0.1) is 5.92 Å². The molecule has 0 radical (unpaired) electrons. The molecule has 0 amide bonds. The highest BCUT2D eigenvalue weighted by molar-refractivity contribution is 5.85. The molecule has 2 aliphatic heterocycles. The molecule has 2 fully saturated rings. The molecular weight excluding hydrogens is 169 g/mol. The summed E-state index contributed by atoms with van der Waals surface area (Å²) in [7, 11) is 0. The lowest BCUT2D eigenvalue weighted by Crippen LogP contribution is -2.59. The zero-order valence-electron chi connectivity index (χ0n) is 6.31. The van der Waals surface area contributed by atoms with Crippen LogP contribution in [0.15, 0.2) is 0 Å². The fourth-order valence-electron chi connectivity index (χ4n) is 1.69. The first-order valence-electron chi connectivity index (χ1n) is 3.75. The van der Waals surface area contributed by atoms with Crippen molar-refractivity contribution in [3.63, 3.8) is 0 Å². The lowest BCUT2D eigenvalue weighted by Gasteiger charge is -2.38. The SMILES string of the molecule is Cl.FCC1COC2(CNC2)C1. The van der Waals surface area contributed by atoms with Gasteiger partial charge >= 0.3 is 0 Å². The topological polar surface area (TPSA) is 21.3 Å². The predicted octanol–water partition coefficient (Wildman–Crippen LogP) is 0.756. The van der Waals surface area contributed by atoms with Gasteiger partial charge in [0.1, 0.15) is 0 Å². The summed E-state index contributed by atoms with van der Waals surface area (Å²) in [6.45, 7) is 2.24. The Bertz CT molecular complexity index is 140. The molecule has 1 atom stereocenters. The summed E-state index contributed by atoms with van der Waals surface area (Å²) in [5, 5.41) is 3.14. The van der Waals surface area contributed by atoms with Crippen molar-refractivity contribution in [3.8, 4) is 0 Å². The third-order valence-electron chi connectivity index (χ3n) is 2.40. The van der Waals surface area contributed by atoms with Gasteiger partial charge in [-0.3, -0.25) is 4.39 Å². The lowest BCUT2D eigenvalue weighted by atomic mass is 9.90. The first-order chi connectivity index (χ1) is 4.85. The Balaban J connectivity index is 0.000000605. The maximum atomic E-state index is 12.1. The second-order valence-electron chi connectivity index (χ2n) is 3.32. The number of nitrogens with one attached hydrogen (secondary N) is 1. The summed E-state index contributed by atoms with van der Waals surface area (Å²) in [5.74, 6) is 0.169. The molecule has 2 aliphatic rings. The zero-order chi connectivity index (χ0) is 7.03. The quantitative estimate of drug-likeness (QED) is 0.645. The van der Waals surface area contributed by atoms with Gasteiger partial charge in [-0.1, -0.05) is 0 Å². The molecule has 1 spiro atoms. The van der Waals surface area contributed by atoms with E-state index in [1.165, 1.54) is 0 Å². The van der Waals surface area contributed by atoms with Gasteiger partial charge in [-0.25, -0.2) is 0 Å². The average Bonchev–Trinajstić information content (AvgIpc) is 2.29. The summed E-state index contributed by atoms with van der Waals surface area (Å²) in [4.78, 5) is 0. The molecule has 2 heterocycles. The van der Waals surface area contributed by atoms with Crippen LogP contribution in [0.1, 0.15) is 6.42 Å². The summed E-state index contributed by atoms with van der Waals surface area (Å²) in [5.41, 5.74) is 0.0384. The van der Waals surface area contributed by atoms with Crippen LogP contribution in [0.5, 0.6) is 0 Å². The third-order valence-corrected chi connectivity index (χ3v) is 2.40. The van der Waals surface area contributed by atoms with E-state index < -0.39 is 0 Å². The fourth-order valence-corrected chi connectivity index (χ4v) is 1.69. The average molecular weight is 182 g/mol. The third kappa shape index (κ3) is 1.50. The van der Waals surface area contributed by atoms with Crippen molar-refractivity contribution >= 4 is 12.4 Å². The molecule has 2 saturated heterocycles. The van der Waals surface area contributed by atoms with Crippen LogP contribution in [0.3, 0.4) is 0 Å². The van der Waals surface area contributed by atoms with E-state index >= 15 is 0 Å². The van der Waals surface area contributed by atoms with E-state index in [1.54, 1.807) is 0 Å². The number of ether oxygens (including phenoxy) is 1. The predicted molar refractivity (Wildman–Crippen MR) is 42.9 cm³/mol. The molecule has 4 heteroatoms. The number of alkyl halides is 1. The Morgan fingerprint density at radius 2 is 2.27 bits per heavy atom. The van der Waals surface area contributed by atoms with Crippen molar-refractivity contribution in [2.75, 3.05) is 26.4 Å². The Morgan fingerprint density at radius 1 is 1.55 bits per heavy atom. The van der Waals surface area contributed by atoms with Crippen LogP contribution < -0.4 is 5.32 Å². The molecule has 0 aliphatic carbocycles. The van der Waals surface area contributed by atoms with Crippen LogP contribution in [-0.2, 0) is 4.74 Å². The van der Waals surface area contributed by atoms with Crippen molar-refractivity contribution < 1.29 is 9.13 Å². The minimum atomic E-state index is -0.220. The van der Waals surface area contributed by atoms with Gasteiger partial charge in [0.25, 0.3) is 0 Å². The minimum absolute atomic E-state index is 0. The van der Waals surface area contributed by atoms with Crippen molar-refractivity contribution in [1.29, 1.82) is 0 Å². The Labute approximate surface area is 71.9 Å². The Kier molecular flexibility index (Phi) is 2.73. The van der Waals surface area contributed by atoms with Gasteiger partial charge < -0.3 is 10.1 Å². The summed E-state index contributed by atoms with van der Waals surface area (Å²) >= 11 is 0. The van der Waals surface area contributed by atoms with Gasteiger partial charge in [0.15, 0.2) is 0 Å². The number of hydrogen-bond donors (Lipinski definition) is 1. The van der Waals surface area contributed by atoms with Gasteiger partial charge in [0, 0.05) is 19.0 Å². The van der Waals surface area contributed by atoms with Crippen molar-refractivity contribution in [1.82, 2.24) is 5.32 Å². The van der Waals surface area contributed by atoms with Crippen molar-refractivity contribution in [2.45, 2.75) is 12.0 Å². The van der Waals surface area contributed by atoms with Gasteiger partial charge in [0.2, 0.25) is 0 Å². The molecule has 0 bridgehead atoms. The number of rotatable bonds is 1. The van der Waals surface area contributed by atoms with Crippen LogP contribution in [0.4, 0.5) is 4.39 Å². The molecule has 0 aromatic carbocycles. The molecule has 2 nitrogen and oxygen atoms in total. The molecule has 66 valence electrons. The summed E-state index contributed by atoms with van der Waals surface area (Å²) in [6.07, 6.45) is 0.913. The van der Waals surface area contributed by atoms with Crippen molar-refractivity contribution in [3.05, 3.63) is 0 Å². The van der Waals surface area contributed by atoms with E-state index in [4.69, 9.17) is 4.74 Å². The second kappa shape index (κ2) is 3.25. The fraction of sp³-hybridized carbons (Fsp3) is 1.00. The second-order valence-corrected chi connectivity index (χ2v) is 3.32. The maximum absolute atomic E-state index is 12.1. The van der Waals surface area contributed by atoms with Crippen LogP contribution in [0.2, 0.25) is 0 Å². The smallest absolute Gasteiger partial charge is 0.0945 e. The van der Waals surface area contributed by atoms with Crippen LogP contribution >= 0.6 is 12.4 Å². The largest absolute Gasteiger partial charge is 0.372 e. The van der Waals surface area contributed by atoms with E-state index in [-0.39, 0.29) is 30.6 Å². The molecule has 0 saturated carbocycles. The van der Waals surface area contributed by atoms with E-state index in [9.17, 15) is 4.39 Å². The number of hydrogen-bond acceptors (Lipinski definition) is 2. The molecule has 1 N–H and O–H groups in total. The van der Waals surface area contributed by atoms with E-state index in [2.05, 4.69) is 5.32 Å². The molecule has 2 rings (SSSR count). The van der Waals surface area contributed by atoms with E-state index in [1.807, 2.05) is 0 Å². The maximum Gasteiger partial charge on any atom is 0.0945 e.